The van der Waals surface area contributed by atoms with Gasteiger partial charge in [0.25, 0.3) is 5.91 Å². The highest BCUT2D eigenvalue weighted by atomic mass is 32.1. The van der Waals surface area contributed by atoms with Gasteiger partial charge in [-0.25, -0.2) is 4.98 Å². The quantitative estimate of drug-likeness (QED) is 0.316. The van der Waals surface area contributed by atoms with Crippen LogP contribution in [-0.2, 0) is 16.0 Å². The van der Waals surface area contributed by atoms with Crippen molar-refractivity contribution in [3.8, 4) is 11.8 Å². The Balaban J connectivity index is 1.76. The molecular weight excluding hydrogens is 448 g/mol. The standard InChI is InChI=1S/C26H26N4O3S/c1-4-5-6-19-7-9-21(10-8-19)28-25(32)20(16-27)15-22-17-34-26(29-22)30(18(2)31)23-11-13-24(33-3)14-12-23/h7-15,17H,4-6H2,1-3H3,(H,28,32)/b20-15+. The van der Waals surface area contributed by atoms with E-state index in [1.165, 1.54) is 34.8 Å². The van der Waals surface area contributed by atoms with Crippen molar-refractivity contribution in [2.75, 3.05) is 17.3 Å². The highest BCUT2D eigenvalue weighted by Gasteiger charge is 2.18. The number of thiazole rings is 1. The molecule has 0 aliphatic heterocycles. The number of anilines is 3. The second-order valence-corrected chi connectivity index (χ2v) is 8.37. The van der Waals surface area contributed by atoms with Crippen LogP contribution >= 0.6 is 11.3 Å². The first kappa shape index (κ1) is 24.7. The van der Waals surface area contributed by atoms with Gasteiger partial charge in [-0.3, -0.25) is 14.5 Å². The van der Waals surface area contributed by atoms with E-state index < -0.39 is 5.91 Å². The summed E-state index contributed by atoms with van der Waals surface area (Å²) >= 11 is 1.24. The Morgan fingerprint density at radius 1 is 1.18 bits per heavy atom. The first-order valence-electron chi connectivity index (χ1n) is 10.9. The zero-order valence-electron chi connectivity index (χ0n) is 19.4. The predicted molar refractivity (Wildman–Crippen MR) is 135 cm³/mol. The molecule has 0 aliphatic rings. The molecule has 0 spiro atoms. The molecule has 3 rings (SSSR count). The van der Waals surface area contributed by atoms with E-state index in [1.807, 2.05) is 30.3 Å². The number of benzene rings is 2. The van der Waals surface area contributed by atoms with Crippen molar-refractivity contribution >= 4 is 45.7 Å². The lowest BCUT2D eigenvalue weighted by Crippen LogP contribution is -2.22. The van der Waals surface area contributed by atoms with Gasteiger partial charge in [-0.1, -0.05) is 25.5 Å². The number of ether oxygens (including phenoxy) is 1. The van der Waals surface area contributed by atoms with Crippen LogP contribution in [-0.4, -0.2) is 23.9 Å². The van der Waals surface area contributed by atoms with E-state index in [4.69, 9.17) is 4.74 Å². The second kappa shape index (κ2) is 11.8. The fourth-order valence-electron chi connectivity index (χ4n) is 3.23. The third-order valence-electron chi connectivity index (χ3n) is 5.03. The van der Waals surface area contributed by atoms with Gasteiger partial charge in [-0.05, 0) is 60.9 Å². The molecule has 0 atom stereocenters. The molecule has 0 saturated heterocycles. The van der Waals surface area contributed by atoms with Gasteiger partial charge in [-0.15, -0.1) is 11.3 Å². The van der Waals surface area contributed by atoms with Crippen LogP contribution in [0.1, 0.15) is 37.9 Å². The van der Waals surface area contributed by atoms with Gasteiger partial charge in [0.1, 0.15) is 17.4 Å². The number of carbonyl (C=O) groups is 2. The summed E-state index contributed by atoms with van der Waals surface area (Å²) < 4.78 is 5.17. The molecule has 3 aromatic rings. The van der Waals surface area contributed by atoms with Crippen molar-refractivity contribution in [2.45, 2.75) is 33.1 Å². The minimum Gasteiger partial charge on any atom is -0.497 e. The average Bonchev–Trinajstić information content (AvgIpc) is 3.30. The molecular formula is C26H26N4O3S. The monoisotopic (exact) mass is 474 g/mol. The van der Waals surface area contributed by atoms with Gasteiger partial charge >= 0.3 is 0 Å². The van der Waals surface area contributed by atoms with Crippen molar-refractivity contribution in [3.63, 3.8) is 0 Å². The molecule has 0 saturated carbocycles. The van der Waals surface area contributed by atoms with E-state index in [-0.39, 0.29) is 11.5 Å². The Kier molecular flexibility index (Phi) is 8.54. The van der Waals surface area contributed by atoms with Crippen LogP contribution in [0.5, 0.6) is 5.75 Å². The van der Waals surface area contributed by atoms with Crippen LogP contribution in [0.4, 0.5) is 16.5 Å². The van der Waals surface area contributed by atoms with Crippen molar-refractivity contribution in [1.29, 1.82) is 5.26 Å². The summed E-state index contributed by atoms with van der Waals surface area (Å²) in [7, 11) is 1.57. The number of nitrogens with one attached hydrogen (secondary N) is 1. The van der Waals surface area contributed by atoms with Crippen LogP contribution in [0.25, 0.3) is 6.08 Å². The summed E-state index contributed by atoms with van der Waals surface area (Å²) in [6.07, 6.45) is 4.64. The van der Waals surface area contributed by atoms with Gasteiger partial charge in [0, 0.05) is 18.0 Å². The van der Waals surface area contributed by atoms with Gasteiger partial charge in [-0.2, -0.15) is 5.26 Å². The molecule has 0 unspecified atom stereocenters. The maximum atomic E-state index is 12.6. The molecule has 1 aromatic heterocycles. The minimum atomic E-state index is -0.517. The number of hydrogen-bond acceptors (Lipinski definition) is 6. The van der Waals surface area contributed by atoms with Gasteiger partial charge in [0.2, 0.25) is 5.91 Å². The van der Waals surface area contributed by atoms with Gasteiger partial charge < -0.3 is 10.1 Å². The first-order valence-corrected chi connectivity index (χ1v) is 11.8. The third kappa shape index (κ3) is 6.30. The summed E-state index contributed by atoms with van der Waals surface area (Å²) in [5, 5.41) is 14.4. The molecule has 1 N–H and O–H groups in total. The van der Waals surface area contributed by atoms with E-state index in [0.717, 1.165) is 19.3 Å². The average molecular weight is 475 g/mol. The van der Waals surface area contributed by atoms with Crippen molar-refractivity contribution in [3.05, 3.63) is 70.7 Å². The molecule has 0 fully saturated rings. The van der Waals surface area contributed by atoms with E-state index in [0.29, 0.717) is 27.9 Å². The summed E-state index contributed by atoms with van der Waals surface area (Å²) in [5.74, 6) is -0.0529. The van der Waals surface area contributed by atoms with Gasteiger partial charge in [0.05, 0.1) is 18.5 Å². The lowest BCUT2D eigenvalue weighted by atomic mass is 10.1. The Morgan fingerprint density at radius 3 is 2.47 bits per heavy atom. The Morgan fingerprint density at radius 2 is 1.88 bits per heavy atom. The van der Waals surface area contributed by atoms with Crippen molar-refractivity contribution in [2.24, 2.45) is 0 Å². The molecule has 174 valence electrons. The summed E-state index contributed by atoms with van der Waals surface area (Å²) in [6, 6.07) is 16.6. The van der Waals surface area contributed by atoms with Crippen LogP contribution in [0.3, 0.4) is 0 Å². The van der Waals surface area contributed by atoms with E-state index in [1.54, 1.807) is 36.8 Å². The van der Waals surface area contributed by atoms with Gasteiger partial charge in [0.15, 0.2) is 5.13 Å². The Hall–Kier alpha value is -3.96. The molecule has 34 heavy (non-hydrogen) atoms. The summed E-state index contributed by atoms with van der Waals surface area (Å²) in [4.78, 5) is 30.9. The van der Waals surface area contributed by atoms with E-state index in [2.05, 4.69) is 17.2 Å². The topological polar surface area (TPSA) is 95.3 Å². The largest absolute Gasteiger partial charge is 0.497 e. The first-order chi connectivity index (χ1) is 16.4. The molecule has 2 aromatic carbocycles. The summed E-state index contributed by atoms with van der Waals surface area (Å²) in [6.45, 7) is 3.59. The summed E-state index contributed by atoms with van der Waals surface area (Å²) in [5.41, 5.74) is 2.80. The molecule has 0 bridgehead atoms. The van der Waals surface area contributed by atoms with Crippen molar-refractivity contribution in [1.82, 2.24) is 4.98 Å². The lowest BCUT2D eigenvalue weighted by Gasteiger charge is -2.18. The Bertz CT molecular complexity index is 1210. The molecule has 0 radical (unpaired) electrons. The fraction of sp³-hybridized carbons (Fsp3) is 0.231. The van der Waals surface area contributed by atoms with Crippen LogP contribution in [0.15, 0.2) is 59.5 Å². The van der Waals surface area contributed by atoms with Crippen molar-refractivity contribution < 1.29 is 14.3 Å². The molecule has 7 nitrogen and oxygen atoms in total. The number of methoxy groups -OCH3 is 1. The Labute approximate surface area is 203 Å². The molecule has 8 heteroatoms. The normalized spacial score (nSPS) is 10.9. The lowest BCUT2D eigenvalue weighted by molar-refractivity contribution is -0.116. The predicted octanol–water partition coefficient (Wildman–Crippen LogP) is 5.72. The maximum absolute atomic E-state index is 12.6. The zero-order chi connectivity index (χ0) is 24.5. The zero-order valence-corrected chi connectivity index (χ0v) is 20.2. The SMILES string of the molecule is CCCCc1ccc(NC(=O)/C(C#N)=C/c2csc(N(C(C)=O)c3ccc(OC)cc3)n2)cc1. The molecule has 2 amide bonds. The number of rotatable bonds is 9. The van der Waals surface area contributed by atoms with E-state index in [9.17, 15) is 14.9 Å². The second-order valence-electron chi connectivity index (χ2n) is 7.53. The minimum absolute atomic E-state index is 0.0780. The number of nitrogens with zero attached hydrogens (tertiary/aromatic N) is 3. The highest BCUT2D eigenvalue weighted by Crippen LogP contribution is 2.30. The van der Waals surface area contributed by atoms with Crippen LogP contribution in [0.2, 0.25) is 0 Å². The number of aryl methyl sites for hydroxylation is 1. The maximum Gasteiger partial charge on any atom is 0.266 e. The van der Waals surface area contributed by atoms with E-state index >= 15 is 0 Å². The van der Waals surface area contributed by atoms with Crippen LogP contribution in [0, 0.1) is 11.3 Å². The number of hydrogen-bond donors (Lipinski definition) is 1. The number of amides is 2. The molecule has 1 heterocycles. The smallest absolute Gasteiger partial charge is 0.266 e. The van der Waals surface area contributed by atoms with Crippen LogP contribution < -0.4 is 15.0 Å². The molecule has 0 aliphatic carbocycles. The number of nitriles is 1. The number of carbonyl (C=O) groups excluding carboxylic acids is 2. The highest BCUT2D eigenvalue weighted by molar-refractivity contribution is 7.14. The third-order valence-corrected chi connectivity index (χ3v) is 5.88. The number of aromatic nitrogens is 1. The fourth-order valence-corrected chi connectivity index (χ4v) is 4.08. The number of unbranched alkanes of at least 4 members (excludes halogenated alkanes) is 1.